The Morgan fingerprint density at radius 3 is 2.56 bits per heavy atom. The molecule has 11 nitrogen and oxygen atoms in total. The molecular weight excluding hydrogens is 470 g/mol. The fourth-order valence-electron chi connectivity index (χ4n) is 6.23. The molecule has 36 heavy (non-hydrogen) atoms. The van der Waals surface area contributed by atoms with E-state index in [1.807, 2.05) is 0 Å². The molecule has 0 spiro atoms. The lowest BCUT2D eigenvalue weighted by Crippen LogP contribution is -2.78. The van der Waals surface area contributed by atoms with Crippen LogP contribution in [-0.4, -0.2) is 53.0 Å². The average molecular weight is 498 g/mol. The second-order valence-electron chi connectivity index (χ2n) is 9.78. The topological polar surface area (TPSA) is 174 Å². The summed E-state index contributed by atoms with van der Waals surface area (Å²) in [5, 5.41) is 0. The molecule has 3 heterocycles. The van der Waals surface area contributed by atoms with Gasteiger partial charge in [-0.2, -0.15) is 0 Å². The zero-order valence-electron chi connectivity index (χ0n) is 19.6. The smallest absolute Gasteiger partial charge is 0.338 e. The molecule has 190 valence electrons. The van der Waals surface area contributed by atoms with Crippen molar-refractivity contribution in [2.24, 2.45) is 29.2 Å². The SMILES string of the molecule is COC(=O)[C@@H]1C[C@H](OC(=O)c2ccncc2)C(=O)[C@H]2[C@@]1(N)CC[C@H]1C(=O)O[C@H](c3ccoc3)C[C@]21N. The van der Waals surface area contributed by atoms with Gasteiger partial charge < -0.3 is 30.1 Å². The molecular formula is C25H27N3O8. The van der Waals surface area contributed by atoms with Gasteiger partial charge in [-0.25, -0.2) is 4.79 Å². The van der Waals surface area contributed by atoms with Crippen LogP contribution in [0.25, 0.3) is 0 Å². The number of esters is 3. The van der Waals surface area contributed by atoms with Crippen LogP contribution < -0.4 is 11.5 Å². The first-order valence-electron chi connectivity index (χ1n) is 11.7. The molecule has 2 aliphatic carbocycles. The summed E-state index contributed by atoms with van der Waals surface area (Å²) in [6.07, 6.45) is 4.01. The number of aromatic nitrogens is 1. The third-order valence-electron chi connectivity index (χ3n) is 7.94. The van der Waals surface area contributed by atoms with Crippen molar-refractivity contribution in [2.75, 3.05) is 7.11 Å². The Kier molecular flexibility index (Phi) is 5.92. The van der Waals surface area contributed by atoms with Gasteiger partial charge in [-0.1, -0.05) is 0 Å². The van der Waals surface area contributed by atoms with E-state index in [1.165, 1.54) is 44.2 Å². The van der Waals surface area contributed by atoms with E-state index in [1.54, 1.807) is 6.07 Å². The Morgan fingerprint density at radius 2 is 1.89 bits per heavy atom. The fourth-order valence-corrected chi connectivity index (χ4v) is 6.23. The number of fused-ring (bicyclic) bond motifs is 3. The van der Waals surface area contributed by atoms with Crippen LogP contribution in [0.2, 0.25) is 0 Å². The largest absolute Gasteiger partial charge is 0.472 e. The minimum atomic E-state index is -1.45. The van der Waals surface area contributed by atoms with E-state index in [-0.39, 0.29) is 31.2 Å². The van der Waals surface area contributed by atoms with Crippen molar-refractivity contribution >= 4 is 23.7 Å². The van der Waals surface area contributed by atoms with Crippen molar-refractivity contribution in [2.45, 2.75) is 49.0 Å². The molecule has 5 rings (SSSR count). The van der Waals surface area contributed by atoms with Gasteiger partial charge in [-0.05, 0) is 31.0 Å². The van der Waals surface area contributed by atoms with Crippen molar-refractivity contribution in [1.82, 2.24) is 4.98 Å². The third-order valence-corrected chi connectivity index (χ3v) is 7.94. The summed E-state index contributed by atoms with van der Waals surface area (Å²) >= 11 is 0. The lowest BCUT2D eigenvalue weighted by molar-refractivity contribution is -0.186. The van der Waals surface area contributed by atoms with E-state index in [4.69, 9.17) is 30.1 Å². The van der Waals surface area contributed by atoms with E-state index >= 15 is 0 Å². The molecule has 0 radical (unpaired) electrons. The molecule has 3 aliphatic rings. The van der Waals surface area contributed by atoms with Gasteiger partial charge in [0.15, 0.2) is 11.9 Å². The Morgan fingerprint density at radius 1 is 1.14 bits per heavy atom. The maximum atomic E-state index is 14.0. The van der Waals surface area contributed by atoms with Gasteiger partial charge >= 0.3 is 17.9 Å². The Bertz CT molecular complexity index is 1190. The van der Waals surface area contributed by atoms with Crippen LogP contribution in [0.4, 0.5) is 0 Å². The lowest BCUT2D eigenvalue weighted by atomic mass is 9.48. The number of cyclic esters (lactones) is 1. The molecule has 3 fully saturated rings. The molecule has 0 unspecified atom stereocenters. The van der Waals surface area contributed by atoms with Crippen molar-refractivity contribution in [3.05, 3.63) is 54.2 Å². The van der Waals surface area contributed by atoms with Crippen molar-refractivity contribution < 1.29 is 37.8 Å². The number of methoxy groups -OCH3 is 1. The summed E-state index contributed by atoms with van der Waals surface area (Å²) in [5.41, 5.74) is 11.8. The van der Waals surface area contributed by atoms with Gasteiger partial charge in [0.05, 0.1) is 43.0 Å². The monoisotopic (exact) mass is 497 g/mol. The number of nitrogens with zero attached hydrogens (tertiary/aromatic N) is 1. The van der Waals surface area contributed by atoms with Crippen LogP contribution in [0.5, 0.6) is 0 Å². The van der Waals surface area contributed by atoms with Gasteiger partial charge in [-0.15, -0.1) is 0 Å². The highest BCUT2D eigenvalue weighted by Crippen LogP contribution is 2.55. The van der Waals surface area contributed by atoms with E-state index in [0.717, 1.165) is 0 Å². The van der Waals surface area contributed by atoms with Crippen LogP contribution in [0.3, 0.4) is 0 Å². The first-order valence-corrected chi connectivity index (χ1v) is 11.7. The summed E-state index contributed by atoms with van der Waals surface area (Å²) in [7, 11) is 1.23. The zero-order valence-corrected chi connectivity index (χ0v) is 19.6. The van der Waals surface area contributed by atoms with E-state index < -0.39 is 64.7 Å². The Labute approximate surface area is 206 Å². The number of rotatable bonds is 4. The zero-order chi connectivity index (χ0) is 25.7. The molecule has 0 amide bonds. The Balaban J connectivity index is 1.54. The number of hydrogen-bond acceptors (Lipinski definition) is 11. The highest BCUT2D eigenvalue weighted by atomic mass is 16.6. The first-order chi connectivity index (χ1) is 17.2. The fraction of sp³-hybridized carbons (Fsp3) is 0.480. The highest BCUT2D eigenvalue weighted by Gasteiger charge is 2.69. The molecule has 2 saturated carbocycles. The minimum Gasteiger partial charge on any atom is -0.472 e. The number of hydrogen-bond donors (Lipinski definition) is 2. The van der Waals surface area contributed by atoms with Crippen LogP contribution in [0.1, 0.15) is 47.7 Å². The molecule has 0 bridgehead atoms. The van der Waals surface area contributed by atoms with Gasteiger partial charge in [0.1, 0.15) is 6.10 Å². The van der Waals surface area contributed by atoms with Crippen LogP contribution in [0, 0.1) is 17.8 Å². The maximum absolute atomic E-state index is 14.0. The molecule has 1 aliphatic heterocycles. The maximum Gasteiger partial charge on any atom is 0.338 e. The van der Waals surface area contributed by atoms with Gasteiger partial charge in [0, 0.05) is 41.9 Å². The van der Waals surface area contributed by atoms with Gasteiger partial charge in [0.25, 0.3) is 0 Å². The highest BCUT2D eigenvalue weighted by molar-refractivity contribution is 5.97. The number of carbonyl (C=O) groups excluding carboxylic acids is 4. The summed E-state index contributed by atoms with van der Waals surface area (Å²) in [6, 6.07) is 4.56. The van der Waals surface area contributed by atoms with Crippen LogP contribution in [-0.2, 0) is 28.6 Å². The number of Topliss-reactive ketones (excluding diaryl/α,β-unsaturated/α-hetero) is 1. The quantitative estimate of drug-likeness (QED) is 0.457. The normalized spacial score (nSPS) is 35.7. The number of furan rings is 1. The summed E-state index contributed by atoms with van der Waals surface area (Å²) in [6.45, 7) is 0. The number of ether oxygens (including phenoxy) is 3. The van der Waals surface area contributed by atoms with E-state index in [0.29, 0.717) is 5.56 Å². The van der Waals surface area contributed by atoms with Crippen molar-refractivity contribution in [3.8, 4) is 0 Å². The number of pyridine rings is 1. The van der Waals surface area contributed by atoms with Gasteiger partial charge in [-0.3, -0.25) is 19.4 Å². The number of carbonyl (C=O) groups is 4. The molecule has 7 atom stereocenters. The molecule has 1 saturated heterocycles. The lowest BCUT2D eigenvalue weighted by Gasteiger charge is -2.60. The summed E-state index contributed by atoms with van der Waals surface area (Å²) < 4.78 is 21.4. The molecule has 0 aromatic carbocycles. The van der Waals surface area contributed by atoms with Crippen molar-refractivity contribution in [3.63, 3.8) is 0 Å². The first kappa shape index (κ1) is 24.1. The minimum absolute atomic E-state index is 0.0806. The number of ketones is 1. The summed E-state index contributed by atoms with van der Waals surface area (Å²) in [4.78, 5) is 56.6. The second-order valence-corrected chi connectivity index (χ2v) is 9.78. The third kappa shape index (κ3) is 3.70. The van der Waals surface area contributed by atoms with E-state index in [2.05, 4.69) is 4.98 Å². The van der Waals surface area contributed by atoms with Crippen LogP contribution in [0.15, 0.2) is 47.5 Å². The second kappa shape index (κ2) is 8.82. The van der Waals surface area contributed by atoms with Crippen molar-refractivity contribution in [1.29, 1.82) is 0 Å². The van der Waals surface area contributed by atoms with Gasteiger partial charge in [0.2, 0.25) is 0 Å². The van der Waals surface area contributed by atoms with Crippen LogP contribution >= 0.6 is 0 Å². The Hall–Kier alpha value is -3.57. The number of nitrogens with two attached hydrogens (primary N) is 2. The van der Waals surface area contributed by atoms with E-state index in [9.17, 15) is 19.2 Å². The predicted molar refractivity (Wildman–Crippen MR) is 121 cm³/mol. The molecule has 4 N–H and O–H groups in total. The average Bonchev–Trinajstić information content (AvgIpc) is 3.40. The predicted octanol–water partition coefficient (Wildman–Crippen LogP) is 1.07. The molecule has 2 aromatic heterocycles. The molecule has 11 heteroatoms. The summed E-state index contributed by atoms with van der Waals surface area (Å²) in [5.74, 6) is -5.41. The molecule has 2 aromatic rings. The standard InChI is InChI=1S/C25H27N3O8/c1-33-22(31)16-10-17(35-21(30)13-3-7-28-8-4-13)19(29)20-24(16,26)6-2-15-23(32)36-18(11-25(15,20)27)14-5-9-34-12-14/h3-5,7-9,12,15-18,20H,2,6,10-11,26-27H2,1H3/t15-,16-,17-,18-,20-,24+,25+/m0/s1.